The van der Waals surface area contributed by atoms with E-state index in [1.807, 2.05) is 0 Å². The molecule has 0 aromatic carbocycles. The molecular weight excluding hydrogens is 564 g/mol. The molecule has 0 bridgehead atoms. The highest BCUT2D eigenvalue weighted by Gasteiger charge is 2.02. The van der Waals surface area contributed by atoms with Gasteiger partial charge in [0.15, 0.2) is 0 Å². The van der Waals surface area contributed by atoms with E-state index < -0.39 is 0 Å². The Kier molecular flexibility index (Phi) is 40.4. The molecule has 0 fully saturated rings. The van der Waals surface area contributed by atoms with Gasteiger partial charge in [0, 0.05) is 13.0 Å². The average Bonchev–Trinajstić information content (AvgIpc) is 3.06. The molecule has 0 radical (unpaired) electrons. The molecule has 0 unspecified atom stereocenters. The molecule has 0 heterocycles. The molecule has 270 valence electrons. The van der Waals surface area contributed by atoms with E-state index in [9.17, 15) is 4.79 Å². The zero-order valence-corrected chi connectivity index (χ0v) is 31.0. The van der Waals surface area contributed by atoms with E-state index in [1.54, 1.807) is 0 Å². The maximum atomic E-state index is 12.0. The summed E-state index contributed by atoms with van der Waals surface area (Å²) in [7, 11) is 0. The Morgan fingerprint density at radius 3 is 1.22 bits per heavy atom. The van der Waals surface area contributed by atoms with Gasteiger partial charge in [-0.1, -0.05) is 197 Å². The van der Waals surface area contributed by atoms with Crippen molar-refractivity contribution in [2.24, 2.45) is 0 Å². The molecule has 0 rings (SSSR count). The number of rotatable bonds is 38. The van der Waals surface area contributed by atoms with Gasteiger partial charge in [0.1, 0.15) is 0 Å². The Morgan fingerprint density at radius 1 is 0.435 bits per heavy atom. The predicted molar refractivity (Wildman–Crippen MR) is 203 cm³/mol. The molecule has 0 saturated carbocycles. The highest BCUT2D eigenvalue weighted by Crippen LogP contribution is 2.16. The maximum Gasteiger partial charge on any atom is 0.305 e. The van der Waals surface area contributed by atoms with Crippen LogP contribution in [0.4, 0.5) is 0 Å². The molecule has 0 aromatic heterocycles. The number of aliphatic hydroxyl groups excluding tert-OH is 1. The minimum absolute atomic E-state index is 0.00440. The van der Waals surface area contributed by atoms with E-state index in [0.717, 1.165) is 44.9 Å². The highest BCUT2D eigenvalue weighted by molar-refractivity contribution is 5.69. The predicted octanol–water partition coefficient (Wildman–Crippen LogP) is 14.1. The van der Waals surface area contributed by atoms with Crippen LogP contribution in [0.5, 0.6) is 0 Å². The number of hydrogen-bond donors (Lipinski definition) is 1. The van der Waals surface area contributed by atoms with Crippen LogP contribution in [0.15, 0.2) is 36.5 Å². The van der Waals surface area contributed by atoms with Gasteiger partial charge in [-0.15, -0.1) is 0 Å². The molecule has 0 spiro atoms. The number of allylic oxidation sites excluding steroid dienone is 6. The smallest absolute Gasteiger partial charge is 0.305 e. The van der Waals surface area contributed by atoms with Gasteiger partial charge < -0.3 is 9.84 Å². The van der Waals surface area contributed by atoms with E-state index in [-0.39, 0.29) is 5.97 Å². The minimum Gasteiger partial charge on any atom is -0.466 e. The SMILES string of the molecule is CC/C=C\C/C=C\C/C=C\CCCCCCCC(=O)OCCCCCCCCCCCCCCCCCCCCCCCCCO. The quantitative estimate of drug-likeness (QED) is 0.0413. The van der Waals surface area contributed by atoms with Crippen LogP contribution in [0.1, 0.15) is 219 Å². The number of unbranched alkanes of at least 4 members (excludes halogenated alkanes) is 27. The summed E-state index contributed by atoms with van der Waals surface area (Å²) in [6.07, 6.45) is 55.3. The standard InChI is InChI=1S/C43H80O3/c1-2-3-4-5-6-7-8-9-19-22-25-28-31-34-37-40-43(45)46-42-39-36-33-30-27-24-21-18-16-14-12-10-11-13-15-17-20-23-26-29-32-35-38-41-44/h3-4,6-7,9,19,44H,2,5,8,10-18,20-42H2,1H3/b4-3-,7-6-,19-9-. The summed E-state index contributed by atoms with van der Waals surface area (Å²) in [5.41, 5.74) is 0. The minimum atomic E-state index is 0.00440. The summed E-state index contributed by atoms with van der Waals surface area (Å²) in [5, 5.41) is 8.80. The Bertz CT molecular complexity index is 665. The van der Waals surface area contributed by atoms with E-state index in [4.69, 9.17) is 9.84 Å². The zero-order chi connectivity index (χ0) is 33.3. The fourth-order valence-electron chi connectivity index (χ4n) is 6.07. The number of ether oxygens (including phenoxy) is 1. The second-order valence-electron chi connectivity index (χ2n) is 13.7. The lowest BCUT2D eigenvalue weighted by atomic mass is 10.0. The van der Waals surface area contributed by atoms with Gasteiger partial charge in [0.2, 0.25) is 0 Å². The summed E-state index contributed by atoms with van der Waals surface area (Å²) in [5.74, 6) is 0.00440. The van der Waals surface area contributed by atoms with Gasteiger partial charge in [-0.25, -0.2) is 0 Å². The maximum absolute atomic E-state index is 12.0. The molecule has 0 atom stereocenters. The lowest BCUT2D eigenvalue weighted by Gasteiger charge is -2.06. The molecule has 0 aromatic rings. The van der Waals surface area contributed by atoms with Gasteiger partial charge in [0.05, 0.1) is 6.61 Å². The van der Waals surface area contributed by atoms with Crippen molar-refractivity contribution in [3.8, 4) is 0 Å². The fraction of sp³-hybridized carbons (Fsp3) is 0.837. The summed E-state index contributed by atoms with van der Waals surface area (Å²) < 4.78 is 5.45. The van der Waals surface area contributed by atoms with Gasteiger partial charge in [-0.3, -0.25) is 4.79 Å². The Labute approximate surface area is 288 Å². The Balaban J connectivity index is 3.19. The van der Waals surface area contributed by atoms with Crippen LogP contribution in [0, 0.1) is 0 Å². The van der Waals surface area contributed by atoms with Crippen molar-refractivity contribution >= 4 is 5.97 Å². The summed E-state index contributed by atoms with van der Waals surface area (Å²) in [6, 6.07) is 0. The van der Waals surface area contributed by atoms with Gasteiger partial charge in [-0.05, 0) is 51.4 Å². The third kappa shape index (κ3) is 40.7. The number of aliphatic hydroxyl groups is 1. The topological polar surface area (TPSA) is 46.5 Å². The lowest BCUT2D eigenvalue weighted by Crippen LogP contribution is -2.05. The summed E-state index contributed by atoms with van der Waals surface area (Å²) in [4.78, 5) is 12.0. The van der Waals surface area contributed by atoms with E-state index in [0.29, 0.717) is 19.6 Å². The highest BCUT2D eigenvalue weighted by atomic mass is 16.5. The van der Waals surface area contributed by atoms with E-state index in [1.165, 1.54) is 161 Å². The van der Waals surface area contributed by atoms with Crippen molar-refractivity contribution in [3.63, 3.8) is 0 Å². The first-order valence-corrected chi connectivity index (χ1v) is 20.5. The number of carbonyl (C=O) groups is 1. The van der Waals surface area contributed by atoms with Crippen LogP contribution in [-0.4, -0.2) is 24.3 Å². The third-order valence-electron chi connectivity index (χ3n) is 9.10. The molecule has 0 saturated heterocycles. The summed E-state index contributed by atoms with van der Waals surface area (Å²) in [6.45, 7) is 3.14. The molecule has 46 heavy (non-hydrogen) atoms. The molecule has 0 aliphatic carbocycles. The summed E-state index contributed by atoms with van der Waals surface area (Å²) >= 11 is 0. The molecule has 0 aliphatic rings. The molecule has 1 N–H and O–H groups in total. The van der Waals surface area contributed by atoms with Crippen molar-refractivity contribution in [1.29, 1.82) is 0 Å². The van der Waals surface area contributed by atoms with Crippen LogP contribution in [0.25, 0.3) is 0 Å². The second-order valence-corrected chi connectivity index (χ2v) is 13.7. The first-order chi connectivity index (χ1) is 22.8. The van der Waals surface area contributed by atoms with Crippen molar-refractivity contribution < 1.29 is 14.6 Å². The molecule has 3 nitrogen and oxygen atoms in total. The van der Waals surface area contributed by atoms with Crippen LogP contribution >= 0.6 is 0 Å². The average molecular weight is 645 g/mol. The monoisotopic (exact) mass is 645 g/mol. The van der Waals surface area contributed by atoms with Crippen LogP contribution < -0.4 is 0 Å². The number of hydrogen-bond acceptors (Lipinski definition) is 3. The second kappa shape index (κ2) is 41.7. The van der Waals surface area contributed by atoms with Crippen molar-refractivity contribution in [2.75, 3.05) is 13.2 Å². The van der Waals surface area contributed by atoms with Crippen molar-refractivity contribution in [2.45, 2.75) is 219 Å². The van der Waals surface area contributed by atoms with E-state index >= 15 is 0 Å². The fourth-order valence-corrected chi connectivity index (χ4v) is 6.07. The molecule has 0 amide bonds. The van der Waals surface area contributed by atoms with Crippen LogP contribution in [-0.2, 0) is 9.53 Å². The first kappa shape index (κ1) is 44.6. The Morgan fingerprint density at radius 2 is 0.783 bits per heavy atom. The third-order valence-corrected chi connectivity index (χ3v) is 9.10. The van der Waals surface area contributed by atoms with Crippen LogP contribution in [0.3, 0.4) is 0 Å². The van der Waals surface area contributed by atoms with Gasteiger partial charge >= 0.3 is 5.97 Å². The van der Waals surface area contributed by atoms with Crippen molar-refractivity contribution in [3.05, 3.63) is 36.5 Å². The number of carbonyl (C=O) groups excluding carboxylic acids is 1. The Hall–Kier alpha value is -1.35. The number of esters is 1. The molecular formula is C43H80O3. The van der Waals surface area contributed by atoms with Gasteiger partial charge in [0.25, 0.3) is 0 Å². The normalized spacial score (nSPS) is 12.0. The van der Waals surface area contributed by atoms with Crippen LogP contribution in [0.2, 0.25) is 0 Å². The zero-order valence-electron chi connectivity index (χ0n) is 31.0. The first-order valence-electron chi connectivity index (χ1n) is 20.5. The van der Waals surface area contributed by atoms with Crippen molar-refractivity contribution in [1.82, 2.24) is 0 Å². The lowest BCUT2D eigenvalue weighted by molar-refractivity contribution is -0.143. The molecule has 3 heteroatoms. The largest absolute Gasteiger partial charge is 0.466 e. The van der Waals surface area contributed by atoms with E-state index in [2.05, 4.69) is 43.4 Å². The van der Waals surface area contributed by atoms with Gasteiger partial charge in [-0.2, -0.15) is 0 Å². The molecule has 0 aliphatic heterocycles.